The van der Waals surface area contributed by atoms with Gasteiger partial charge in [-0.3, -0.25) is 4.99 Å². The van der Waals surface area contributed by atoms with Gasteiger partial charge in [-0.15, -0.1) is 0 Å². The third-order valence-electron chi connectivity index (χ3n) is 0.755. The second kappa shape index (κ2) is 6.16. The first-order valence-corrected chi connectivity index (χ1v) is 2.78. The largest absolute Gasteiger partial charge is 0.381 e. The first-order chi connectivity index (χ1) is 4.81. The number of halogens is 1. The van der Waals surface area contributed by atoms with Gasteiger partial charge in [-0.2, -0.15) is 0 Å². The number of hydrogen-bond donors (Lipinski definition) is 0. The van der Waals surface area contributed by atoms with Crippen LogP contribution < -0.4 is 0 Å². The quantitative estimate of drug-likeness (QED) is 0.433. The van der Waals surface area contributed by atoms with Gasteiger partial charge in [0.15, 0.2) is 0 Å². The molecule has 0 aromatic heterocycles. The second-order valence-electron chi connectivity index (χ2n) is 1.55. The SMILES string of the molecule is C=N/C=C(F)\C=C/COC. The van der Waals surface area contributed by atoms with E-state index in [4.69, 9.17) is 0 Å². The summed E-state index contributed by atoms with van der Waals surface area (Å²) in [6.07, 6.45) is 3.86. The van der Waals surface area contributed by atoms with Crippen molar-refractivity contribution in [3.63, 3.8) is 0 Å². The Bertz CT molecular complexity index is 152. The van der Waals surface area contributed by atoms with Crippen molar-refractivity contribution in [2.45, 2.75) is 0 Å². The molecule has 0 aliphatic heterocycles. The van der Waals surface area contributed by atoms with E-state index in [1.165, 1.54) is 13.2 Å². The van der Waals surface area contributed by atoms with Gasteiger partial charge in [0, 0.05) is 7.11 Å². The first kappa shape index (κ1) is 9.04. The number of methoxy groups -OCH3 is 1. The molecule has 0 aliphatic rings. The molecule has 0 rings (SSSR count). The van der Waals surface area contributed by atoms with Gasteiger partial charge in [0.05, 0.1) is 12.8 Å². The van der Waals surface area contributed by atoms with Gasteiger partial charge in [-0.25, -0.2) is 4.39 Å². The van der Waals surface area contributed by atoms with Crippen molar-refractivity contribution in [1.29, 1.82) is 0 Å². The summed E-state index contributed by atoms with van der Waals surface area (Å²) in [6.45, 7) is 3.50. The first-order valence-electron chi connectivity index (χ1n) is 2.78. The third-order valence-corrected chi connectivity index (χ3v) is 0.755. The minimum atomic E-state index is -0.424. The molecule has 0 N–H and O–H groups in total. The summed E-state index contributed by atoms with van der Waals surface area (Å²) >= 11 is 0. The molecule has 0 aromatic rings. The molecule has 0 atom stereocenters. The summed E-state index contributed by atoms with van der Waals surface area (Å²) in [7, 11) is 1.54. The van der Waals surface area contributed by atoms with Crippen LogP contribution in [0.5, 0.6) is 0 Å². The average molecular weight is 143 g/mol. The van der Waals surface area contributed by atoms with Gasteiger partial charge in [0.25, 0.3) is 0 Å². The van der Waals surface area contributed by atoms with Crippen LogP contribution >= 0.6 is 0 Å². The Hall–Kier alpha value is -0.960. The van der Waals surface area contributed by atoms with Crippen LogP contribution in [0.4, 0.5) is 4.39 Å². The number of rotatable bonds is 4. The fourth-order valence-corrected chi connectivity index (χ4v) is 0.387. The number of aliphatic imine (C=N–C) groups is 1. The van der Waals surface area contributed by atoms with E-state index in [1.54, 1.807) is 6.08 Å². The monoisotopic (exact) mass is 143 g/mol. The number of ether oxygens (including phenoxy) is 1. The summed E-state index contributed by atoms with van der Waals surface area (Å²) in [6, 6.07) is 0. The second-order valence-corrected chi connectivity index (χ2v) is 1.55. The maximum Gasteiger partial charge on any atom is 0.141 e. The van der Waals surface area contributed by atoms with Crippen molar-refractivity contribution in [3.05, 3.63) is 24.2 Å². The van der Waals surface area contributed by atoms with Crippen LogP contribution in [0.3, 0.4) is 0 Å². The summed E-state index contributed by atoms with van der Waals surface area (Å²) in [5.41, 5.74) is 0. The Labute approximate surface area is 59.7 Å². The maximum absolute atomic E-state index is 12.3. The van der Waals surface area contributed by atoms with Gasteiger partial charge >= 0.3 is 0 Å². The molecule has 0 spiro atoms. The van der Waals surface area contributed by atoms with Crippen LogP contribution in [-0.4, -0.2) is 20.4 Å². The van der Waals surface area contributed by atoms with Gasteiger partial charge in [-0.1, -0.05) is 6.08 Å². The highest BCUT2D eigenvalue weighted by Gasteiger charge is 1.81. The molecule has 3 heteroatoms. The Morgan fingerprint density at radius 1 is 1.80 bits per heavy atom. The van der Waals surface area contributed by atoms with E-state index in [0.717, 1.165) is 6.20 Å². The van der Waals surface area contributed by atoms with Crippen molar-refractivity contribution in [2.75, 3.05) is 13.7 Å². The summed E-state index contributed by atoms with van der Waals surface area (Å²) in [4.78, 5) is 3.24. The molecule has 0 unspecified atom stereocenters. The van der Waals surface area contributed by atoms with Gasteiger partial charge < -0.3 is 4.74 Å². The highest BCUT2D eigenvalue weighted by molar-refractivity contribution is 5.27. The van der Waals surface area contributed by atoms with E-state index in [-0.39, 0.29) is 0 Å². The fourth-order valence-electron chi connectivity index (χ4n) is 0.387. The van der Waals surface area contributed by atoms with E-state index in [2.05, 4.69) is 16.4 Å². The average Bonchev–Trinajstić information content (AvgIpc) is 1.89. The lowest BCUT2D eigenvalue weighted by molar-refractivity contribution is 0.233. The van der Waals surface area contributed by atoms with Crippen molar-refractivity contribution >= 4 is 6.72 Å². The van der Waals surface area contributed by atoms with Crippen LogP contribution in [0.1, 0.15) is 0 Å². The zero-order chi connectivity index (χ0) is 7.82. The van der Waals surface area contributed by atoms with Crippen molar-refractivity contribution in [2.24, 2.45) is 4.99 Å². The van der Waals surface area contributed by atoms with Crippen LogP contribution in [-0.2, 0) is 4.74 Å². The maximum atomic E-state index is 12.3. The lowest BCUT2D eigenvalue weighted by Crippen LogP contribution is -1.79. The third kappa shape index (κ3) is 5.18. The number of hydrogen-bond acceptors (Lipinski definition) is 2. The smallest absolute Gasteiger partial charge is 0.141 e. The van der Waals surface area contributed by atoms with E-state index >= 15 is 0 Å². The zero-order valence-corrected chi connectivity index (χ0v) is 5.88. The van der Waals surface area contributed by atoms with Gasteiger partial charge in [-0.05, 0) is 12.8 Å². The van der Waals surface area contributed by atoms with E-state index in [9.17, 15) is 4.39 Å². The van der Waals surface area contributed by atoms with Crippen molar-refractivity contribution in [1.82, 2.24) is 0 Å². The molecule has 0 bridgehead atoms. The standard InChI is InChI=1S/C7H10FNO/c1-9-6-7(8)4-3-5-10-2/h3-4,6H,1,5H2,2H3/b4-3-,7-6+. The minimum Gasteiger partial charge on any atom is -0.381 e. The van der Waals surface area contributed by atoms with Crippen LogP contribution in [0, 0.1) is 0 Å². The molecule has 0 amide bonds. The molecule has 0 aromatic carbocycles. The Kier molecular flexibility index (Phi) is 5.57. The molecular weight excluding hydrogens is 133 g/mol. The molecule has 0 aliphatic carbocycles. The van der Waals surface area contributed by atoms with E-state index in [0.29, 0.717) is 6.61 Å². The highest BCUT2D eigenvalue weighted by atomic mass is 19.1. The van der Waals surface area contributed by atoms with Crippen LogP contribution in [0.25, 0.3) is 0 Å². The summed E-state index contributed by atoms with van der Waals surface area (Å²) < 4.78 is 17.0. The molecule has 0 heterocycles. The minimum absolute atomic E-state index is 0.401. The van der Waals surface area contributed by atoms with Crippen molar-refractivity contribution in [3.8, 4) is 0 Å². The van der Waals surface area contributed by atoms with Gasteiger partial charge in [0.1, 0.15) is 5.83 Å². The molecular formula is C7H10FNO. The molecule has 0 radical (unpaired) electrons. The predicted molar refractivity (Wildman–Crippen MR) is 39.8 cm³/mol. The topological polar surface area (TPSA) is 21.6 Å². The van der Waals surface area contributed by atoms with E-state index < -0.39 is 5.83 Å². The van der Waals surface area contributed by atoms with E-state index in [1.807, 2.05) is 0 Å². The van der Waals surface area contributed by atoms with Crippen LogP contribution in [0.15, 0.2) is 29.2 Å². The zero-order valence-electron chi connectivity index (χ0n) is 5.88. The normalized spacial score (nSPS) is 12.4. The van der Waals surface area contributed by atoms with Crippen molar-refractivity contribution < 1.29 is 9.13 Å². The summed E-state index contributed by atoms with van der Waals surface area (Å²) in [5.74, 6) is -0.424. The Balaban J connectivity index is 3.65. The fraction of sp³-hybridized carbons (Fsp3) is 0.286. The number of allylic oxidation sites excluding steroid dienone is 2. The molecule has 0 fully saturated rings. The molecule has 56 valence electrons. The Morgan fingerprint density at radius 3 is 3.00 bits per heavy atom. The molecule has 0 saturated carbocycles. The summed E-state index contributed by atoms with van der Waals surface area (Å²) in [5, 5.41) is 0. The molecule has 2 nitrogen and oxygen atoms in total. The lowest BCUT2D eigenvalue weighted by Gasteiger charge is -1.85. The molecule has 0 saturated heterocycles. The highest BCUT2D eigenvalue weighted by Crippen LogP contribution is 1.97. The Morgan fingerprint density at radius 2 is 2.50 bits per heavy atom. The van der Waals surface area contributed by atoms with Crippen LogP contribution in [0.2, 0.25) is 0 Å². The molecule has 10 heavy (non-hydrogen) atoms. The number of nitrogens with zero attached hydrogens (tertiary/aromatic N) is 1. The lowest BCUT2D eigenvalue weighted by atomic mass is 10.5. The van der Waals surface area contributed by atoms with Gasteiger partial charge in [0.2, 0.25) is 0 Å². The predicted octanol–water partition coefficient (Wildman–Crippen LogP) is 1.70.